The van der Waals surface area contributed by atoms with Gasteiger partial charge in [-0.1, -0.05) is 6.92 Å². The van der Waals surface area contributed by atoms with E-state index in [1.54, 1.807) is 24.3 Å². The molecule has 0 aliphatic rings. The fourth-order valence-electron chi connectivity index (χ4n) is 2.10. The average molecular weight is 308 g/mol. The fourth-order valence-corrected chi connectivity index (χ4v) is 2.98. The molecule has 0 saturated carbocycles. The topological polar surface area (TPSA) is 56.5 Å². The molecule has 0 heterocycles. The van der Waals surface area contributed by atoms with Gasteiger partial charge in [0.2, 0.25) is 0 Å². The molecule has 0 aliphatic heterocycles. The zero-order valence-electron chi connectivity index (χ0n) is 13.0. The summed E-state index contributed by atoms with van der Waals surface area (Å²) in [7, 11) is 2.04. The largest absolute Gasteiger partial charge is 0.491 e. The third-order valence-electron chi connectivity index (χ3n) is 3.38. The first-order valence-corrected chi connectivity index (χ1v) is 8.50. The second kappa shape index (κ2) is 9.67. The van der Waals surface area contributed by atoms with Crippen LogP contribution in [-0.2, 0) is 0 Å². The van der Waals surface area contributed by atoms with Crippen LogP contribution in [0, 0.1) is 11.3 Å². The van der Waals surface area contributed by atoms with Gasteiger partial charge in [0, 0.05) is 18.3 Å². The van der Waals surface area contributed by atoms with Crippen molar-refractivity contribution >= 4 is 11.8 Å². The van der Waals surface area contributed by atoms with Gasteiger partial charge in [-0.15, -0.1) is 0 Å². The summed E-state index contributed by atoms with van der Waals surface area (Å²) < 4.78 is 5.55. The predicted molar refractivity (Wildman–Crippen MR) is 87.7 cm³/mol. The van der Waals surface area contributed by atoms with E-state index in [0.717, 1.165) is 12.2 Å². The molecule has 0 aromatic heterocycles. The molecule has 0 fully saturated rings. The Morgan fingerprint density at radius 3 is 2.57 bits per heavy atom. The molecular formula is C16H24N2O2S. The highest BCUT2D eigenvalue weighted by atomic mass is 32.2. The first kappa shape index (κ1) is 17.8. The van der Waals surface area contributed by atoms with Gasteiger partial charge in [0.15, 0.2) is 0 Å². The van der Waals surface area contributed by atoms with Crippen LogP contribution >= 0.6 is 11.8 Å². The molecule has 1 aromatic rings. The van der Waals surface area contributed by atoms with Crippen molar-refractivity contribution in [3.8, 4) is 11.8 Å². The number of aliphatic hydroxyl groups excluding tert-OH is 1. The molecule has 5 heteroatoms. The smallest absolute Gasteiger partial charge is 0.119 e. The van der Waals surface area contributed by atoms with Gasteiger partial charge in [-0.3, -0.25) is 4.90 Å². The molecule has 2 unspecified atom stereocenters. The number of rotatable bonds is 9. The number of benzene rings is 1. The zero-order chi connectivity index (χ0) is 15.7. The molecule has 0 bridgehead atoms. The van der Waals surface area contributed by atoms with Gasteiger partial charge in [-0.25, -0.2) is 0 Å². The van der Waals surface area contributed by atoms with Crippen LogP contribution in [0.1, 0.15) is 18.9 Å². The first-order valence-electron chi connectivity index (χ1n) is 7.10. The summed E-state index contributed by atoms with van der Waals surface area (Å²) >= 11 is 1.82. The van der Waals surface area contributed by atoms with Crippen LogP contribution in [0.4, 0.5) is 0 Å². The van der Waals surface area contributed by atoms with Gasteiger partial charge in [-0.2, -0.15) is 17.0 Å². The molecule has 116 valence electrons. The fraction of sp³-hybridized carbons (Fsp3) is 0.562. The van der Waals surface area contributed by atoms with Crippen molar-refractivity contribution in [2.45, 2.75) is 25.5 Å². The summed E-state index contributed by atoms with van der Waals surface area (Å²) in [5, 5.41) is 18.8. The van der Waals surface area contributed by atoms with Crippen LogP contribution in [0.2, 0.25) is 0 Å². The SMILES string of the molecule is CCC(CSC)N(C)CC(O)COc1ccc(C#N)cc1. The molecule has 21 heavy (non-hydrogen) atoms. The third kappa shape index (κ3) is 6.38. The molecule has 0 saturated heterocycles. The molecule has 4 nitrogen and oxygen atoms in total. The van der Waals surface area contributed by atoms with E-state index < -0.39 is 6.10 Å². The van der Waals surface area contributed by atoms with Crippen molar-refractivity contribution in [2.75, 3.05) is 32.2 Å². The molecule has 0 radical (unpaired) electrons. The first-order chi connectivity index (χ1) is 10.1. The van der Waals surface area contributed by atoms with Crippen LogP contribution in [0.15, 0.2) is 24.3 Å². The van der Waals surface area contributed by atoms with Crippen molar-refractivity contribution in [1.29, 1.82) is 5.26 Å². The summed E-state index contributed by atoms with van der Waals surface area (Å²) in [4.78, 5) is 2.18. The van der Waals surface area contributed by atoms with Gasteiger partial charge in [-0.05, 0) is 44.0 Å². The van der Waals surface area contributed by atoms with Gasteiger partial charge in [0.05, 0.1) is 11.6 Å². The number of hydrogen-bond acceptors (Lipinski definition) is 5. The van der Waals surface area contributed by atoms with E-state index in [1.807, 2.05) is 18.8 Å². The Labute approximate surface area is 131 Å². The van der Waals surface area contributed by atoms with Crippen LogP contribution in [0.25, 0.3) is 0 Å². The average Bonchev–Trinajstić information content (AvgIpc) is 2.50. The minimum absolute atomic E-state index is 0.256. The molecular weight excluding hydrogens is 284 g/mol. The molecule has 1 N–H and O–H groups in total. The van der Waals surface area contributed by atoms with Gasteiger partial charge in [0.25, 0.3) is 0 Å². The van der Waals surface area contributed by atoms with Crippen molar-refractivity contribution in [1.82, 2.24) is 4.90 Å². The summed E-state index contributed by atoms with van der Waals surface area (Å²) in [5.41, 5.74) is 0.602. The Balaban J connectivity index is 2.39. The van der Waals surface area contributed by atoms with E-state index in [-0.39, 0.29) is 6.61 Å². The van der Waals surface area contributed by atoms with Crippen molar-refractivity contribution < 1.29 is 9.84 Å². The van der Waals surface area contributed by atoms with E-state index >= 15 is 0 Å². The van der Waals surface area contributed by atoms with Crippen LogP contribution < -0.4 is 4.74 Å². The summed E-state index contributed by atoms with van der Waals surface area (Å²) in [6.45, 7) is 3.01. The van der Waals surface area contributed by atoms with Crippen molar-refractivity contribution in [3.05, 3.63) is 29.8 Å². The normalized spacial score (nSPS) is 13.7. The second-order valence-electron chi connectivity index (χ2n) is 5.06. The Kier molecular flexibility index (Phi) is 8.21. The van der Waals surface area contributed by atoms with E-state index in [9.17, 15) is 5.11 Å². The van der Waals surface area contributed by atoms with E-state index in [4.69, 9.17) is 10.00 Å². The van der Waals surface area contributed by atoms with Gasteiger partial charge in [0.1, 0.15) is 18.5 Å². The minimum Gasteiger partial charge on any atom is -0.491 e. The second-order valence-corrected chi connectivity index (χ2v) is 5.97. The molecule has 1 aromatic carbocycles. The summed E-state index contributed by atoms with van der Waals surface area (Å²) in [5.74, 6) is 1.74. The molecule has 0 amide bonds. The zero-order valence-corrected chi connectivity index (χ0v) is 13.8. The lowest BCUT2D eigenvalue weighted by Gasteiger charge is -2.28. The van der Waals surface area contributed by atoms with Gasteiger partial charge >= 0.3 is 0 Å². The highest BCUT2D eigenvalue weighted by molar-refractivity contribution is 7.98. The Hall–Kier alpha value is -1.22. The number of nitrogens with zero attached hydrogens (tertiary/aromatic N) is 2. The maximum atomic E-state index is 10.1. The standard InChI is InChI=1S/C16H24N2O2S/c1-4-14(12-21-3)18(2)10-15(19)11-20-16-7-5-13(9-17)6-8-16/h5-8,14-15,19H,4,10-12H2,1-3H3. The summed E-state index contributed by atoms with van der Waals surface area (Å²) in [6.07, 6.45) is 2.64. The maximum Gasteiger partial charge on any atom is 0.119 e. The van der Waals surface area contributed by atoms with Gasteiger partial charge < -0.3 is 9.84 Å². The highest BCUT2D eigenvalue weighted by Gasteiger charge is 2.16. The lowest BCUT2D eigenvalue weighted by atomic mass is 10.2. The Morgan fingerprint density at radius 1 is 1.38 bits per heavy atom. The van der Waals surface area contributed by atoms with Crippen LogP contribution in [-0.4, -0.2) is 54.4 Å². The molecule has 0 spiro atoms. The molecule has 0 aliphatic carbocycles. The number of nitriles is 1. The van der Waals surface area contributed by atoms with E-state index in [0.29, 0.717) is 23.9 Å². The number of aliphatic hydroxyl groups is 1. The van der Waals surface area contributed by atoms with Crippen molar-refractivity contribution in [2.24, 2.45) is 0 Å². The number of hydrogen-bond donors (Lipinski definition) is 1. The van der Waals surface area contributed by atoms with E-state index in [2.05, 4.69) is 24.1 Å². The third-order valence-corrected chi connectivity index (χ3v) is 4.10. The monoisotopic (exact) mass is 308 g/mol. The van der Waals surface area contributed by atoms with E-state index in [1.165, 1.54) is 0 Å². The number of thioether (sulfide) groups is 1. The summed E-state index contributed by atoms with van der Waals surface area (Å²) in [6, 6.07) is 9.45. The van der Waals surface area contributed by atoms with Crippen LogP contribution in [0.5, 0.6) is 5.75 Å². The lowest BCUT2D eigenvalue weighted by Crippen LogP contribution is -2.40. The minimum atomic E-state index is -0.526. The Bertz CT molecular complexity index is 445. The van der Waals surface area contributed by atoms with Crippen LogP contribution in [0.3, 0.4) is 0 Å². The van der Waals surface area contributed by atoms with Crippen molar-refractivity contribution in [3.63, 3.8) is 0 Å². The molecule has 2 atom stereocenters. The highest BCUT2D eigenvalue weighted by Crippen LogP contribution is 2.13. The number of likely N-dealkylation sites (N-methyl/N-ethyl adjacent to an activating group) is 1. The maximum absolute atomic E-state index is 10.1. The quantitative estimate of drug-likeness (QED) is 0.759. The molecule has 1 rings (SSSR count). The Morgan fingerprint density at radius 2 is 2.05 bits per heavy atom. The lowest BCUT2D eigenvalue weighted by molar-refractivity contribution is 0.0656. The number of ether oxygens (including phenoxy) is 1. The predicted octanol–water partition coefficient (Wildman–Crippen LogP) is 2.37.